The Kier molecular flexibility index (Phi) is 5.43. The molecule has 0 saturated carbocycles. The number of rotatable bonds is 8. The molecule has 0 unspecified atom stereocenters. The van der Waals surface area contributed by atoms with Gasteiger partial charge in [0.25, 0.3) is 0 Å². The Labute approximate surface area is 142 Å². The quantitative estimate of drug-likeness (QED) is 0.641. The van der Waals surface area contributed by atoms with Crippen molar-refractivity contribution in [1.29, 1.82) is 0 Å². The number of para-hydroxylation sites is 2. The number of imidazole rings is 1. The van der Waals surface area contributed by atoms with Crippen LogP contribution in [-0.2, 0) is 0 Å². The van der Waals surface area contributed by atoms with Crippen LogP contribution in [0.4, 0.5) is 0 Å². The summed E-state index contributed by atoms with van der Waals surface area (Å²) in [5, 5.41) is 0. The molecule has 5 nitrogen and oxygen atoms in total. The normalized spacial score (nSPS) is 11.3. The fourth-order valence-corrected chi connectivity index (χ4v) is 2.78. The minimum atomic E-state index is 0.688. The molecule has 5 heteroatoms. The summed E-state index contributed by atoms with van der Waals surface area (Å²) in [5.74, 6) is 1.62. The highest BCUT2D eigenvalue weighted by Gasteiger charge is 2.11. The van der Waals surface area contributed by atoms with Crippen LogP contribution in [0.25, 0.3) is 22.4 Å². The predicted octanol–water partition coefficient (Wildman–Crippen LogP) is 3.74. The van der Waals surface area contributed by atoms with E-state index in [1.807, 2.05) is 30.3 Å². The van der Waals surface area contributed by atoms with E-state index >= 15 is 0 Å². The zero-order valence-electron chi connectivity index (χ0n) is 14.3. The molecule has 1 N–H and O–H groups in total. The average molecular weight is 324 g/mol. The second kappa shape index (κ2) is 7.93. The molecule has 3 rings (SSSR count). The lowest BCUT2D eigenvalue weighted by Gasteiger charge is -2.18. The molecule has 2 heterocycles. The molecule has 0 aliphatic heterocycles. The third-order valence-corrected chi connectivity index (χ3v) is 4.20. The summed E-state index contributed by atoms with van der Waals surface area (Å²) < 4.78 is 6.00. The Bertz CT molecular complexity index is 747. The number of nitrogens with one attached hydrogen (secondary N) is 1. The SMILES string of the molecule is CCN(CC)CCCOc1ccncc1-c1nc2ccccc2[nH]1. The lowest BCUT2D eigenvalue weighted by Crippen LogP contribution is -2.25. The molecule has 24 heavy (non-hydrogen) atoms. The fourth-order valence-electron chi connectivity index (χ4n) is 2.78. The van der Waals surface area contributed by atoms with Gasteiger partial charge in [0.05, 0.1) is 23.2 Å². The summed E-state index contributed by atoms with van der Waals surface area (Å²) in [5.41, 5.74) is 2.87. The van der Waals surface area contributed by atoms with E-state index in [9.17, 15) is 0 Å². The predicted molar refractivity (Wildman–Crippen MR) is 97.2 cm³/mol. The van der Waals surface area contributed by atoms with Gasteiger partial charge < -0.3 is 14.6 Å². The van der Waals surface area contributed by atoms with E-state index in [2.05, 4.69) is 33.7 Å². The van der Waals surface area contributed by atoms with Crippen molar-refractivity contribution in [1.82, 2.24) is 19.9 Å². The molecule has 3 aromatic rings. The first-order valence-electron chi connectivity index (χ1n) is 8.56. The number of pyridine rings is 1. The Morgan fingerprint density at radius 1 is 1.12 bits per heavy atom. The number of fused-ring (bicyclic) bond motifs is 1. The summed E-state index contributed by atoms with van der Waals surface area (Å²) in [6.07, 6.45) is 4.56. The van der Waals surface area contributed by atoms with E-state index in [4.69, 9.17) is 4.74 Å². The van der Waals surface area contributed by atoms with Crippen LogP contribution in [0.15, 0.2) is 42.7 Å². The second-order valence-electron chi connectivity index (χ2n) is 5.70. The lowest BCUT2D eigenvalue weighted by atomic mass is 10.2. The first-order chi connectivity index (χ1) is 11.8. The Morgan fingerprint density at radius 3 is 2.75 bits per heavy atom. The molecule has 0 spiro atoms. The zero-order chi connectivity index (χ0) is 16.8. The van der Waals surface area contributed by atoms with Gasteiger partial charge in [0.2, 0.25) is 0 Å². The van der Waals surface area contributed by atoms with Crippen LogP contribution in [0.3, 0.4) is 0 Å². The van der Waals surface area contributed by atoms with Crippen molar-refractivity contribution >= 4 is 11.0 Å². The van der Waals surface area contributed by atoms with Gasteiger partial charge in [0, 0.05) is 18.9 Å². The van der Waals surface area contributed by atoms with Gasteiger partial charge in [-0.3, -0.25) is 4.98 Å². The topological polar surface area (TPSA) is 54.0 Å². The summed E-state index contributed by atoms with van der Waals surface area (Å²) in [7, 11) is 0. The van der Waals surface area contributed by atoms with E-state index in [-0.39, 0.29) is 0 Å². The molecule has 0 saturated heterocycles. The summed E-state index contributed by atoms with van der Waals surface area (Å²) in [4.78, 5) is 14.6. The van der Waals surface area contributed by atoms with Gasteiger partial charge in [-0.1, -0.05) is 26.0 Å². The largest absolute Gasteiger partial charge is 0.493 e. The molecular weight excluding hydrogens is 300 g/mol. The molecule has 0 atom stereocenters. The van der Waals surface area contributed by atoms with Crippen molar-refractivity contribution < 1.29 is 4.74 Å². The van der Waals surface area contributed by atoms with Crippen LogP contribution < -0.4 is 4.74 Å². The monoisotopic (exact) mass is 324 g/mol. The highest BCUT2D eigenvalue weighted by atomic mass is 16.5. The van der Waals surface area contributed by atoms with Crippen LogP contribution >= 0.6 is 0 Å². The van der Waals surface area contributed by atoms with Gasteiger partial charge in [0.15, 0.2) is 0 Å². The van der Waals surface area contributed by atoms with Gasteiger partial charge in [-0.2, -0.15) is 0 Å². The summed E-state index contributed by atoms with van der Waals surface area (Å²) in [6.45, 7) is 8.28. The molecule has 1 aromatic carbocycles. The third kappa shape index (κ3) is 3.74. The molecule has 0 amide bonds. The number of aromatic amines is 1. The summed E-state index contributed by atoms with van der Waals surface area (Å²) in [6, 6.07) is 9.90. The first-order valence-corrected chi connectivity index (χ1v) is 8.56. The molecule has 126 valence electrons. The molecular formula is C19H24N4O. The number of nitrogens with zero attached hydrogens (tertiary/aromatic N) is 3. The molecule has 0 fully saturated rings. The van der Waals surface area contributed by atoms with Crippen LogP contribution in [0, 0.1) is 0 Å². The van der Waals surface area contributed by atoms with Gasteiger partial charge in [-0.05, 0) is 37.7 Å². The number of aromatic nitrogens is 3. The van der Waals surface area contributed by atoms with Crippen molar-refractivity contribution in [3.63, 3.8) is 0 Å². The summed E-state index contributed by atoms with van der Waals surface area (Å²) >= 11 is 0. The van der Waals surface area contributed by atoms with Crippen molar-refractivity contribution in [3.8, 4) is 17.1 Å². The van der Waals surface area contributed by atoms with Crippen LogP contribution in [0.5, 0.6) is 5.75 Å². The molecule has 0 aliphatic rings. The second-order valence-corrected chi connectivity index (χ2v) is 5.70. The van der Waals surface area contributed by atoms with Crippen molar-refractivity contribution in [2.75, 3.05) is 26.2 Å². The van der Waals surface area contributed by atoms with Gasteiger partial charge in [-0.25, -0.2) is 4.98 Å². The van der Waals surface area contributed by atoms with E-state index in [1.165, 1.54) is 0 Å². The standard InChI is InChI=1S/C19H24N4O/c1-3-23(4-2)12-7-13-24-18-10-11-20-14-15(18)19-21-16-8-5-6-9-17(16)22-19/h5-6,8-11,14H,3-4,7,12-13H2,1-2H3,(H,21,22). The van der Waals surface area contributed by atoms with Crippen molar-refractivity contribution in [2.24, 2.45) is 0 Å². The van der Waals surface area contributed by atoms with Gasteiger partial charge in [0.1, 0.15) is 11.6 Å². The number of ether oxygens (including phenoxy) is 1. The van der Waals surface area contributed by atoms with Gasteiger partial charge >= 0.3 is 0 Å². The Morgan fingerprint density at radius 2 is 1.96 bits per heavy atom. The molecule has 2 aromatic heterocycles. The highest BCUT2D eigenvalue weighted by Crippen LogP contribution is 2.28. The van der Waals surface area contributed by atoms with Crippen molar-refractivity contribution in [3.05, 3.63) is 42.7 Å². The Balaban J connectivity index is 1.71. The van der Waals surface area contributed by atoms with Crippen LogP contribution in [-0.4, -0.2) is 46.1 Å². The maximum absolute atomic E-state index is 6.00. The van der Waals surface area contributed by atoms with Gasteiger partial charge in [-0.15, -0.1) is 0 Å². The first kappa shape index (κ1) is 16.5. The number of hydrogen-bond acceptors (Lipinski definition) is 4. The number of benzene rings is 1. The zero-order valence-corrected chi connectivity index (χ0v) is 14.3. The maximum atomic E-state index is 6.00. The van der Waals surface area contributed by atoms with E-state index in [0.717, 1.165) is 54.2 Å². The number of hydrogen-bond donors (Lipinski definition) is 1. The van der Waals surface area contributed by atoms with E-state index in [1.54, 1.807) is 12.4 Å². The molecule has 0 radical (unpaired) electrons. The highest BCUT2D eigenvalue weighted by molar-refractivity contribution is 5.80. The minimum Gasteiger partial charge on any atom is -0.493 e. The maximum Gasteiger partial charge on any atom is 0.143 e. The minimum absolute atomic E-state index is 0.688. The van der Waals surface area contributed by atoms with Crippen LogP contribution in [0.1, 0.15) is 20.3 Å². The smallest absolute Gasteiger partial charge is 0.143 e. The van der Waals surface area contributed by atoms with Crippen LogP contribution in [0.2, 0.25) is 0 Å². The molecule has 0 aliphatic carbocycles. The fraction of sp³-hybridized carbons (Fsp3) is 0.368. The Hall–Kier alpha value is -2.40. The lowest BCUT2D eigenvalue weighted by molar-refractivity contribution is 0.249. The molecule has 0 bridgehead atoms. The van der Waals surface area contributed by atoms with E-state index in [0.29, 0.717) is 6.61 Å². The third-order valence-electron chi connectivity index (χ3n) is 4.20. The van der Waals surface area contributed by atoms with Crippen molar-refractivity contribution in [2.45, 2.75) is 20.3 Å². The number of H-pyrrole nitrogens is 1. The average Bonchev–Trinajstić information content (AvgIpc) is 3.06. The van der Waals surface area contributed by atoms with E-state index < -0.39 is 0 Å².